The average Bonchev–Trinajstić information content (AvgIpc) is 3.14. The minimum atomic E-state index is -4.36. The third-order valence-corrected chi connectivity index (χ3v) is 4.52. The van der Waals surface area contributed by atoms with E-state index < -0.39 is 12.7 Å². The zero-order valence-electron chi connectivity index (χ0n) is 14.8. The molecule has 0 unspecified atom stereocenters. The number of alkyl halides is 3. The molecular weight excluding hydrogens is 373 g/mol. The van der Waals surface area contributed by atoms with Gasteiger partial charge in [-0.3, -0.25) is 9.48 Å². The van der Waals surface area contributed by atoms with Crippen molar-refractivity contribution in [3.05, 3.63) is 48.3 Å². The highest BCUT2D eigenvalue weighted by atomic mass is 19.4. The van der Waals surface area contributed by atoms with Crippen molar-refractivity contribution in [2.75, 3.05) is 26.3 Å². The van der Waals surface area contributed by atoms with Gasteiger partial charge in [-0.2, -0.15) is 18.3 Å². The zero-order valence-corrected chi connectivity index (χ0v) is 14.8. The van der Waals surface area contributed by atoms with Crippen molar-refractivity contribution in [1.29, 1.82) is 0 Å². The van der Waals surface area contributed by atoms with Crippen LogP contribution >= 0.6 is 0 Å². The number of pyridine rings is 1. The SMILES string of the molecule is O=C(c1cc(-c2cnn(CC(F)(F)F)c2)nc2ccccc12)N1CCOCC1. The van der Waals surface area contributed by atoms with E-state index in [4.69, 9.17) is 4.74 Å². The molecule has 0 N–H and O–H groups in total. The van der Waals surface area contributed by atoms with Gasteiger partial charge in [-0.25, -0.2) is 4.98 Å². The first-order valence-corrected chi connectivity index (χ1v) is 8.77. The lowest BCUT2D eigenvalue weighted by Gasteiger charge is -2.27. The summed E-state index contributed by atoms with van der Waals surface area (Å²) in [5.74, 6) is -0.147. The minimum Gasteiger partial charge on any atom is -0.378 e. The molecule has 1 amide bonds. The number of carbonyl (C=O) groups excluding carboxylic acids is 1. The molecule has 1 saturated heterocycles. The van der Waals surface area contributed by atoms with Gasteiger partial charge in [0.05, 0.1) is 36.2 Å². The van der Waals surface area contributed by atoms with E-state index in [0.717, 1.165) is 4.68 Å². The van der Waals surface area contributed by atoms with Gasteiger partial charge in [0.25, 0.3) is 5.91 Å². The maximum atomic E-state index is 13.1. The Morgan fingerprint density at radius 2 is 1.93 bits per heavy atom. The first-order valence-electron chi connectivity index (χ1n) is 8.77. The quantitative estimate of drug-likeness (QED) is 0.690. The largest absolute Gasteiger partial charge is 0.408 e. The molecule has 0 bridgehead atoms. The first-order chi connectivity index (χ1) is 13.4. The first kappa shape index (κ1) is 18.4. The summed E-state index contributed by atoms with van der Waals surface area (Å²) in [6.45, 7) is 0.764. The molecule has 0 saturated carbocycles. The molecular formula is C19H17F3N4O2. The smallest absolute Gasteiger partial charge is 0.378 e. The van der Waals surface area contributed by atoms with E-state index in [9.17, 15) is 18.0 Å². The van der Waals surface area contributed by atoms with Crippen LogP contribution in [-0.4, -0.2) is 58.1 Å². The van der Waals surface area contributed by atoms with E-state index >= 15 is 0 Å². The van der Waals surface area contributed by atoms with Crippen LogP contribution in [0.5, 0.6) is 0 Å². The number of carbonyl (C=O) groups is 1. The minimum absolute atomic E-state index is 0.147. The predicted molar refractivity (Wildman–Crippen MR) is 95.7 cm³/mol. The Kier molecular flexibility index (Phi) is 4.76. The Bertz CT molecular complexity index is 1010. The summed E-state index contributed by atoms with van der Waals surface area (Å²) in [4.78, 5) is 19.3. The number of para-hydroxylation sites is 1. The van der Waals surface area contributed by atoms with Gasteiger partial charge in [0, 0.05) is 30.2 Å². The third kappa shape index (κ3) is 3.84. The van der Waals surface area contributed by atoms with Gasteiger partial charge in [0.15, 0.2) is 0 Å². The van der Waals surface area contributed by atoms with Crippen LogP contribution in [0.4, 0.5) is 13.2 Å². The van der Waals surface area contributed by atoms with E-state index in [1.54, 1.807) is 23.1 Å². The van der Waals surface area contributed by atoms with Crippen molar-refractivity contribution in [2.45, 2.75) is 12.7 Å². The summed E-state index contributed by atoms with van der Waals surface area (Å²) in [7, 11) is 0. The Morgan fingerprint density at radius 3 is 2.68 bits per heavy atom. The second kappa shape index (κ2) is 7.23. The second-order valence-corrected chi connectivity index (χ2v) is 6.52. The Balaban J connectivity index is 1.75. The predicted octanol–water partition coefficient (Wildman–Crippen LogP) is 3.13. The van der Waals surface area contributed by atoms with E-state index in [-0.39, 0.29) is 5.91 Å². The fourth-order valence-electron chi connectivity index (χ4n) is 3.20. The van der Waals surface area contributed by atoms with Crippen LogP contribution in [0.15, 0.2) is 42.7 Å². The van der Waals surface area contributed by atoms with Gasteiger partial charge in [-0.05, 0) is 12.1 Å². The molecule has 0 radical (unpaired) electrons. The van der Waals surface area contributed by atoms with Crippen molar-refractivity contribution in [2.24, 2.45) is 0 Å². The summed E-state index contributed by atoms with van der Waals surface area (Å²) < 4.78 is 43.9. The molecule has 28 heavy (non-hydrogen) atoms. The maximum Gasteiger partial charge on any atom is 0.408 e. The summed E-state index contributed by atoms with van der Waals surface area (Å²) in [6, 6.07) is 8.83. The van der Waals surface area contributed by atoms with Crippen LogP contribution in [0.1, 0.15) is 10.4 Å². The molecule has 6 nitrogen and oxygen atoms in total. The lowest BCUT2D eigenvalue weighted by atomic mass is 10.0. The molecule has 0 aliphatic carbocycles. The van der Waals surface area contributed by atoms with Crippen molar-refractivity contribution < 1.29 is 22.7 Å². The summed E-state index contributed by atoms with van der Waals surface area (Å²) >= 11 is 0. The Hall–Kier alpha value is -2.94. The van der Waals surface area contributed by atoms with Crippen molar-refractivity contribution in [1.82, 2.24) is 19.7 Å². The third-order valence-electron chi connectivity index (χ3n) is 4.52. The zero-order chi connectivity index (χ0) is 19.7. The van der Waals surface area contributed by atoms with Gasteiger partial charge < -0.3 is 9.64 Å². The second-order valence-electron chi connectivity index (χ2n) is 6.52. The number of hydrogen-bond donors (Lipinski definition) is 0. The van der Waals surface area contributed by atoms with Gasteiger partial charge in [-0.1, -0.05) is 18.2 Å². The lowest BCUT2D eigenvalue weighted by Crippen LogP contribution is -2.40. The standard InChI is InChI=1S/C19H17F3N4O2/c20-19(21,22)12-26-11-13(10-23-26)17-9-15(14-3-1-2-4-16(14)24-17)18(27)25-5-7-28-8-6-25/h1-4,9-11H,5-8,12H2. The summed E-state index contributed by atoms with van der Waals surface area (Å²) in [6.07, 6.45) is -1.75. The molecule has 3 aromatic rings. The number of morpholine rings is 1. The number of hydrogen-bond acceptors (Lipinski definition) is 4. The van der Waals surface area contributed by atoms with Gasteiger partial charge in [0.2, 0.25) is 0 Å². The van der Waals surface area contributed by atoms with Crippen LogP contribution in [0.3, 0.4) is 0 Å². The van der Waals surface area contributed by atoms with Crippen molar-refractivity contribution in [3.63, 3.8) is 0 Å². The van der Waals surface area contributed by atoms with Crippen molar-refractivity contribution >= 4 is 16.8 Å². The number of rotatable bonds is 3. The van der Waals surface area contributed by atoms with E-state index in [1.807, 2.05) is 12.1 Å². The number of aromatic nitrogens is 3. The van der Waals surface area contributed by atoms with E-state index in [1.165, 1.54) is 12.4 Å². The normalized spacial score (nSPS) is 15.2. The molecule has 9 heteroatoms. The monoisotopic (exact) mass is 390 g/mol. The highest BCUT2D eigenvalue weighted by molar-refractivity contribution is 6.07. The van der Waals surface area contributed by atoms with Crippen LogP contribution < -0.4 is 0 Å². The number of benzene rings is 1. The molecule has 1 fully saturated rings. The fraction of sp³-hybridized carbons (Fsp3) is 0.316. The molecule has 0 spiro atoms. The Morgan fingerprint density at radius 1 is 1.18 bits per heavy atom. The van der Waals surface area contributed by atoms with Crippen LogP contribution in [0.2, 0.25) is 0 Å². The molecule has 1 aliphatic rings. The van der Waals surface area contributed by atoms with E-state index in [2.05, 4.69) is 10.1 Å². The van der Waals surface area contributed by atoms with Gasteiger partial charge >= 0.3 is 6.18 Å². The molecule has 4 rings (SSSR count). The Labute approximate surface area is 158 Å². The number of fused-ring (bicyclic) bond motifs is 1. The lowest BCUT2D eigenvalue weighted by molar-refractivity contribution is -0.142. The molecule has 3 heterocycles. The summed E-state index contributed by atoms with van der Waals surface area (Å²) in [5.41, 5.74) is 1.89. The number of halogens is 3. The number of amides is 1. The van der Waals surface area contributed by atoms with Crippen LogP contribution in [0.25, 0.3) is 22.2 Å². The summed E-state index contributed by atoms with van der Waals surface area (Å²) in [5, 5.41) is 4.47. The topological polar surface area (TPSA) is 60.2 Å². The van der Waals surface area contributed by atoms with Crippen LogP contribution in [-0.2, 0) is 11.3 Å². The van der Waals surface area contributed by atoms with E-state index in [0.29, 0.717) is 54.0 Å². The molecule has 1 aromatic carbocycles. The fourth-order valence-corrected chi connectivity index (χ4v) is 3.20. The average molecular weight is 390 g/mol. The van der Waals surface area contributed by atoms with Crippen LogP contribution in [0, 0.1) is 0 Å². The highest BCUT2D eigenvalue weighted by Crippen LogP contribution is 2.26. The molecule has 1 aliphatic heterocycles. The van der Waals surface area contributed by atoms with Gasteiger partial charge in [-0.15, -0.1) is 0 Å². The molecule has 0 atom stereocenters. The maximum absolute atomic E-state index is 13.1. The molecule has 146 valence electrons. The van der Waals surface area contributed by atoms with Crippen molar-refractivity contribution in [3.8, 4) is 11.3 Å². The van der Waals surface area contributed by atoms with Gasteiger partial charge in [0.1, 0.15) is 6.54 Å². The molecule has 2 aromatic heterocycles. The number of ether oxygens (including phenoxy) is 1. The highest BCUT2D eigenvalue weighted by Gasteiger charge is 2.28. The number of nitrogens with zero attached hydrogens (tertiary/aromatic N) is 4.